The lowest BCUT2D eigenvalue weighted by atomic mass is 10.0. The molecule has 0 spiro atoms. The van der Waals surface area contributed by atoms with E-state index in [-0.39, 0.29) is 23.8 Å². The van der Waals surface area contributed by atoms with Crippen LogP contribution in [0, 0.1) is 5.82 Å². The summed E-state index contributed by atoms with van der Waals surface area (Å²) in [4.78, 5) is 13.7. The highest BCUT2D eigenvalue weighted by Crippen LogP contribution is 2.22. The van der Waals surface area contributed by atoms with Gasteiger partial charge in [0, 0.05) is 11.3 Å². The quantitative estimate of drug-likeness (QED) is 0.698. The normalized spacial score (nSPS) is 13.2. The van der Waals surface area contributed by atoms with E-state index in [9.17, 15) is 9.18 Å². The molecule has 0 saturated carbocycles. The van der Waals surface area contributed by atoms with Gasteiger partial charge in [0.2, 0.25) is 0 Å². The zero-order chi connectivity index (χ0) is 17.6. The van der Waals surface area contributed by atoms with Crippen molar-refractivity contribution in [3.63, 3.8) is 0 Å². The standard InChI is InChI=1S/C20H19FN2OS/c1-14(20(24)23-17-11-9-16(21)10-12-17)22-19(18-8-5-13-25-18)15-6-3-2-4-7-15/h2-14,19,22H,1H3,(H,23,24)/p+1/t14-,19-/m0/s1. The van der Waals surface area contributed by atoms with E-state index in [1.807, 2.05) is 36.6 Å². The van der Waals surface area contributed by atoms with Crippen LogP contribution in [0.4, 0.5) is 10.1 Å². The lowest BCUT2D eigenvalue weighted by Gasteiger charge is -2.19. The maximum Gasteiger partial charge on any atom is 0.282 e. The molecule has 3 aromatic rings. The van der Waals surface area contributed by atoms with Gasteiger partial charge in [-0.25, -0.2) is 4.39 Å². The van der Waals surface area contributed by atoms with Crippen LogP contribution in [0.5, 0.6) is 0 Å². The minimum Gasteiger partial charge on any atom is -0.326 e. The van der Waals surface area contributed by atoms with Gasteiger partial charge in [0.15, 0.2) is 6.04 Å². The van der Waals surface area contributed by atoms with Gasteiger partial charge >= 0.3 is 0 Å². The number of carbonyl (C=O) groups is 1. The summed E-state index contributed by atoms with van der Waals surface area (Å²) in [6, 6.07) is 19.8. The molecule has 0 radical (unpaired) electrons. The van der Waals surface area contributed by atoms with Crippen LogP contribution in [0.1, 0.15) is 23.4 Å². The van der Waals surface area contributed by atoms with Crippen molar-refractivity contribution in [3.8, 4) is 0 Å². The molecule has 0 aliphatic heterocycles. The Balaban J connectivity index is 1.72. The minimum atomic E-state index is -0.320. The van der Waals surface area contributed by atoms with Gasteiger partial charge < -0.3 is 10.6 Å². The monoisotopic (exact) mass is 355 g/mol. The molecule has 3 N–H and O–H groups in total. The van der Waals surface area contributed by atoms with Crippen LogP contribution in [0.15, 0.2) is 72.1 Å². The fraction of sp³-hybridized carbons (Fsp3) is 0.150. The summed E-state index contributed by atoms with van der Waals surface area (Å²) in [7, 11) is 0. The van der Waals surface area contributed by atoms with E-state index in [1.54, 1.807) is 23.5 Å². The van der Waals surface area contributed by atoms with Gasteiger partial charge in [-0.1, -0.05) is 36.4 Å². The average Bonchev–Trinajstić information content (AvgIpc) is 3.16. The lowest BCUT2D eigenvalue weighted by molar-refractivity contribution is -0.703. The fourth-order valence-corrected chi connectivity index (χ4v) is 3.50. The van der Waals surface area contributed by atoms with Crippen LogP contribution in [0.2, 0.25) is 0 Å². The van der Waals surface area contributed by atoms with E-state index < -0.39 is 0 Å². The number of amides is 1. The Morgan fingerprint density at radius 2 is 1.76 bits per heavy atom. The second kappa shape index (κ2) is 8.05. The summed E-state index contributed by atoms with van der Waals surface area (Å²) >= 11 is 1.68. The molecule has 1 heterocycles. The molecule has 3 rings (SSSR count). The molecule has 2 atom stereocenters. The highest BCUT2D eigenvalue weighted by molar-refractivity contribution is 7.10. The van der Waals surface area contributed by atoms with Crippen molar-refractivity contribution in [2.45, 2.75) is 19.0 Å². The van der Waals surface area contributed by atoms with Crippen molar-refractivity contribution in [1.82, 2.24) is 0 Å². The van der Waals surface area contributed by atoms with Gasteiger partial charge in [-0.3, -0.25) is 4.79 Å². The Morgan fingerprint density at radius 3 is 2.40 bits per heavy atom. The van der Waals surface area contributed by atoms with E-state index in [4.69, 9.17) is 0 Å². The van der Waals surface area contributed by atoms with Gasteiger partial charge in [-0.15, -0.1) is 11.3 Å². The van der Waals surface area contributed by atoms with Crippen molar-refractivity contribution in [2.75, 3.05) is 5.32 Å². The Morgan fingerprint density at radius 1 is 1.04 bits per heavy atom. The maximum atomic E-state index is 13.0. The predicted octanol–water partition coefficient (Wildman–Crippen LogP) is 3.57. The van der Waals surface area contributed by atoms with Crippen molar-refractivity contribution in [3.05, 3.63) is 88.4 Å². The number of quaternary nitrogens is 1. The Hall–Kier alpha value is -2.50. The SMILES string of the molecule is C[C@H]([NH2+][C@@H](c1ccccc1)c1cccs1)C(=O)Nc1ccc(F)cc1. The van der Waals surface area contributed by atoms with Crippen LogP contribution in [-0.2, 0) is 4.79 Å². The van der Waals surface area contributed by atoms with Crippen molar-refractivity contribution < 1.29 is 14.5 Å². The number of rotatable bonds is 6. The molecule has 0 unspecified atom stereocenters. The topological polar surface area (TPSA) is 45.7 Å². The first-order chi connectivity index (χ1) is 12.1. The number of hydrogen-bond acceptors (Lipinski definition) is 2. The van der Waals surface area contributed by atoms with E-state index in [0.29, 0.717) is 5.69 Å². The summed E-state index contributed by atoms with van der Waals surface area (Å²) in [5.74, 6) is -0.427. The molecular weight excluding hydrogens is 335 g/mol. The zero-order valence-corrected chi connectivity index (χ0v) is 14.7. The van der Waals surface area contributed by atoms with Gasteiger partial charge in [0.05, 0.1) is 4.88 Å². The molecule has 128 valence electrons. The number of thiophene rings is 1. The highest BCUT2D eigenvalue weighted by atomic mass is 32.1. The number of anilines is 1. The molecular formula is C20H20FN2OS+. The third-order valence-electron chi connectivity index (χ3n) is 4.01. The summed E-state index contributed by atoms with van der Waals surface area (Å²) in [5.41, 5.74) is 1.76. The van der Waals surface area contributed by atoms with Gasteiger partial charge in [-0.2, -0.15) is 0 Å². The Labute approximate surface area is 150 Å². The Bertz CT molecular complexity index is 803. The first-order valence-corrected chi connectivity index (χ1v) is 9.01. The van der Waals surface area contributed by atoms with E-state index >= 15 is 0 Å². The zero-order valence-electron chi connectivity index (χ0n) is 13.9. The lowest BCUT2D eigenvalue weighted by Crippen LogP contribution is -2.92. The van der Waals surface area contributed by atoms with Crippen molar-refractivity contribution in [2.24, 2.45) is 0 Å². The molecule has 1 aromatic heterocycles. The van der Waals surface area contributed by atoms with Gasteiger partial charge in [0.25, 0.3) is 5.91 Å². The van der Waals surface area contributed by atoms with Crippen LogP contribution >= 0.6 is 11.3 Å². The molecule has 0 saturated heterocycles. The summed E-state index contributed by atoms with van der Waals surface area (Å²) in [6.45, 7) is 1.88. The molecule has 25 heavy (non-hydrogen) atoms. The second-order valence-electron chi connectivity index (χ2n) is 5.88. The van der Waals surface area contributed by atoms with E-state index in [2.05, 4.69) is 28.8 Å². The predicted molar refractivity (Wildman–Crippen MR) is 99.0 cm³/mol. The first kappa shape index (κ1) is 17.3. The second-order valence-corrected chi connectivity index (χ2v) is 6.86. The minimum absolute atomic E-state index is 0.0650. The van der Waals surface area contributed by atoms with Crippen molar-refractivity contribution >= 4 is 22.9 Å². The van der Waals surface area contributed by atoms with Crippen molar-refractivity contribution in [1.29, 1.82) is 0 Å². The number of carbonyl (C=O) groups excluding carboxylic acids is 1. The first-order valence-electron chi connectivity index (χ1n) is 8.13. The molecule has 0 bridgehead atoms. The molecule has 0 aliphatic carbocycles. The summed E-state index contributed by atoms with van der Waals surface area (Å²) in [5, 5.41) is 6.94. The number of halogens is 1. The maximum absolute atomic E-state index is 13.0. The Kier molecular flexibility index (Phi) is 5.58. The third-order valence-corrected chi connectivity index (χ3v) is 4.97. The molecule has 1 amide bonds. The highest BCUT2D eigenvalue weighted by Gasteiger charge is 2.25. The van der Waals surface area contributed by atoms with Crippen LogP contribution in [-0.4, -0.2) is 11.9 Å². The largest absolute Gasteiger partial charge is 0.326 e. The third kappa shape index (κ3) is 4.53. The average molecular weight is 355 g/mol. The van der Waals surface area contributed by atoms with Gasteiger partial charge in [0.1, 0.15) is 11.9 Å². The fourth-order valence-electron chi connectivity index (χ4n) is 2.66. The number of hydrogen-bond donors (Lipinski definition) is 2. The van der Waals surface area contributed by atoms with E-state index in [0.717, 1.165) is 5.56 Å². The number of nitrogens with one attached hydrogen (secondary N) is 1. The summed E-state index contributed by atoms with van der Waals surface area (Å²) < 4.78 is 13.0. The molecule has 5 heteroatoms. The number of benzene rings is 2. The van der Waals surface area contributed by atoms with Gasteiger partial charge in [-0.05, 0) is 42.6 Å². The smallest absolute Gasteiger partial charge is 0.282 e. The van der Waals surface area contributed by atoms with Crippen LogP contribution < -0.4 is 10.6 Å². The molecule has 3 nitrogen and oxygen atoms in total. The number of nitrogens with two attached hydrogens (primary N) is 1. The van der Waals surface area contributed by atoms with E-state index in [1.165, 1.54) is 17.0 Å². The van der Waals surface area contributed by atoms with Crippen LogP contribution in [0.3, 0.4) is 0 Å². The van der Waals surface area contributed by atoms with Crippen LogP contribution in [0.25, 0.3) is 0 Å². The molecule has 0 aliphatic rings. The summed E-state index contributed by atoms with van der Waals surface area (Å²) in [6.07, 6.45) is 0. The molecule has 0 fully saturated rings. The molecule has 2 aromatic carbocycles.